The van der Waals surface area contributed by atoms with Crippen LogP contribution in [0.2, 0.25) is 5.02 Å². The Morgan fingerprint density at radius 3 is 2.52 bits per heavy atom. The van der Waals surface area contributed by atoms with Gasteiger partial charge in [0.15, 0.2) is 6.10 Å². The van der Waals surface area contributed by atoms with Crippen LogP contribution in [0.4, 0.5) is 5.69 Å². The van der Waals surface area contributed by atoms with E-state index >= 15 is 0 Å². The highest BCUT2D eigenvalue weighted by Gasteiger charge is 2.21. The van der Waals surface area contributed by atoms with Gasteiger partial charge >= 0.3 is 5.97 Å². The first-order valence-electron chi connectivity index (χ1n) is 7.29. The van der Waals surface area contributed by atoms with Crippen molar-refractivity contribution in [1.82, 2.24) is 4.98 Å². The third kappa shape index (κ3) is 4.60. The number of anilines is 1. The monoisotopic (exact) mass is 364 g/mol. The SMILES string of the molecule is COc1cc(OC)c(NC(=O)C(C)OC(=O)c2cccnc2)cc1Cl. The minimum Gasteiger partial charge on any atom is -0.495 e. The fourth-order valence-electron chi connectivity index (χ4n) is 1.96. The van der Waals surface area contributed by atoms with E-state index in [0.29, 0.717) is 22.2 Å². The summed E-state index contributed by atoms with van der Waals surface area (Å²) in [4.78, 5) is 28.1. The molecular formula is C17H17ClN2O5. The van der Waals surface area contributed by atoms with Gasteiger partial charge in [0, 0.05) is 18.5 Å². The van der Waals surface area contributed by atoms with Crippen molar-refractivity contribution in [2.24, 2.45) is 0 Å². The van der Waals surface area contributed by atoms with Crippen molar-refractivity contribution in [3.63, 3.8) is 0 Å². The van der Waals surface area contributed by atoms with Gasteiger partial charge in [-0.05, 0) is 25.1 Å². The first kappa shape index (κ1) is 18.5. The maximum absolute atomic E-state index is 12.3. The lowest BCUT2D eigenvalue weighted by Crippen LogP contribution is -2.30. The van der Waals surface area contributed by atoms with Crippen LogP contribution in [-0.2, 0) is 9.53 Å². The number of aromatic nitrogens is 1. The van der Waals surface area contributed by atoms with Gasteiger partial charge in [0.1, 0.15) is 11.5 Å². The van der Waals surface area contributed by atoms with E-state index in [0.717, 1.165) is 0 Å². The third-order valence-electron chi connectivity index (χ3n) is 3.28. The number of rotatable bonds is 6. The van der Waals surface area contributed by atoms with Crippen molar-refractivity contribution < 1.29 is 23.8 Å². The number of nitrogens with one attached hydrogen (secondary N) is 1. The number of carbonyl (C=O) groups excluding carboxylic acids is 2. The van der Waals surface area contributed by atoms with E-state index in [4.69, 9.17) is 25.8 Å². The molecule has 0 aliphatic heterocycles. The van der Waals surface area contributed by atoms with E-state index in [1.807, 2.05) is 0 Å². The molecular weight excluding hydrogens is 348 g/mol. The molecule has 2 aromatic rings. The molecule has 132 valence electrons. The maximum Gasteiger partial charge on any atom is 0.340 e. The molecule has 0 fully saturated rings. The van der Waals surface area contributed by atoms with E-state index in [1.54, 1.807) is 18.2 Å². The van der Waals surface area contributed by atoms with E-state index in [9.17, 15) is 9.59 Å². The van der Waals surface area contributed by atoms with Gasteiger partial charge in [-0.15, -0.1) is 0 Å². The summed E-state index contributed by atoms with van der Waals surface area (Å²) in [5, 5.41) is 2.92. The fraction of sp³-hybridized carbons (Fsp3) is 0.235. The molecule has 0 spiro atoms. The Morgan fingerprint density at radius 2 is 1.92 bits per heavy atom. The molecule has 0 aliphatic rings. The van der Waals surface area contributed by atoms with Crippen molar-refractivity contribution in [2.75, 3.05) is 19.5 Å². The number of esters is 1. The van der Waals surface area contributed by atoms with E-state index in [2.05, 4.69) is 10.3 Å². The van der Waals surface area contributed by atoms with Crippen molar-refractivity contribution in [2.45, 2.75) is 13.0 Å². The molecule has 0 aliphatic carbocycles. The molecule has 1 heterocycles. The first-order chi connectivity index (χ1) is 12.0. The molecule has 1 aromatic heterocycles. The zero-order valence-corrected chi connectivity index (χ0v) is 14.7. The molecule has 2 rings (SSSR count). The molecule has 1 N–H and O–H groups in total. The largest absolute Gasteiger partial charge is 0.495 e. The normalized spacial score (nSPS) is 11.4. The number of carbonyl (C=O) groups is 2. The van der Waals surface area contributed by atoms with Crippen LogP contribution in [0.5, 0.6) is 11.5 Å². The Kier molecular flexibility index (Phi) is 6.19. The molecule has 1 aromatic carbocycles. The van der Waals surface area contributed by atoms with Crippen molar-refractivity contribution in [3.05, 3.63) is 47.2 Å². The number of nitrogens with zero attached hydrogens (tertiary/aromatic N) is 1. The highest BCUT2D eigenvalue weighted by atomic mass is 35.5. The summed E-state index contributed by atoms with van der Waals surface area (Å²) in [6.07, 6.45) is 1.87. The molecule has 0 saturated heterocycles. The van der Waals surface area contributed by atoms with Crippen LogP contribution in [0.15, 0.2) is 36.7 Å². The Balaban J connectivity index is 2.08. The summed E-state index contributed by atoms with van der Waals surface area (Å²) in [7, 11) is 2.92. The van der Waals surface area contributed by atoms with Crippen LogP contribution in [0, 0.1) is 0 Å². The molecule has 0 radical (unpaired) electrons. The number of hydrogen-bond donors (Lipinski definition) is 1. The van der Waals surface area contributed by atoms with Crippen LogP contribution in [0.3, 0.4) is 0 Å². The second-order valence-corrected chi connectivity index (χ2v) is 5.37. The van der Waals surface area contributed by atoms with E-state index in [1.165, 1.54) is 39.6 Å². The standard InChI is InChI=1S/C17H17ClN2O5/c1-10(25-17(22)11-5-4-6-19-9-11)16(21)20-13-7-12(18)14(23-2)8-15(13)24-3/h4-10H,1-3H3,(H,20,21). The average Bonchev–Trinajstić information content (AvgIpc) is 2.62. The minimum atomic E-state index is -1.03. The Bertz CT molecular complexity index is 767. The Labute approximate surface area is 149 Å². The molecule has 1 atom stereocenters. The summed E-state index contributed by atoms with van der Waals surface area (Å²) in [5.74, 6) is -0.403. The number of amides is 1. The van der Waals surface area contributed by atoms with Gasteiger partial charge in [-0.3, -0.25) is 9.78 Å². The van der Waals surface area contributed by atoms with Gasteiger partial charge in [0.25, 0.3) is 5.91 Å². The molecule has 0 bridgehead atoms. The van der Waals surface area contributed by atoms with Crippen molar-refractivity contribution in [1.29, 1.82) is 0 Å². The average molecular weight is 365 g/mol. The zero-order valence-electron chi connectivity index (χ0n) is 13.9. The third-order valence-corrected chi connectivity index (χ3v) is 3.58. The number of halogens is 1. The lowest BCUT2D eigenvalue weighted by molar-refractivity contribution is -0.123. The summed E-state index contributed by atoms with van der Waals surface area (Å²) >= 11 is 6.06. The van der Waals surface area contributed by atoms with Gasteiger partial charge in [0.05, 0.1) is 30.5 Å². The molecule has 0 saturated carbocycles. The smallest absolute Gasteiger partial charge is 0.340 e. The summed E-state index contributed by atoms with van der Waals surface area (Å²) in [6.45, 7) is 1.46. The molecule has 1 unspecified atom stereocenters. The Morgan fingerprint density at radius 1 is 1.20 bits per heavy atom. The van der Waals surface area contributed by atoms with Crippen LogP contribution < -0.4 is 14.8 Å². The first-order valence-corrected chi connectivity index (χ1v) is 7.67. The number of benzene rings is 1. The van der Waals surface area contributed by atoms with E-state index in [-0.39, 0.29) is 5.56 Å². The predicted molar refractivity (Wildman–Crippen MR) is 92.3 cm³/mol. The summed E-state index contributed by atoms with van der Waals surface area (Å²) < 4.78 is 15.4. The van der Waals surface area contributed by atoms with Gasteiger partial charge in [-0.1, -0.05) is 11.6 Å². The molecule has 8 heteroatoms. The molecule has 25 heavy (non-hydrogen) atoms. The lowest BCUT2D eigenvalue weighted by atomic mass is 10.2. The minimum absolute atomic E-state index is 0.257. The fourth-order valence-corrected chi connectivity index (χ4v) is 2.20. The maximum atomic E-state index is 12.3. The van der Waals surface area contributed by atoms with Crippen LogP contribution in [0.1, 0.15) is 17.3 Å². The number of ether oxygens (including phenoxy) is 3. The Hall–Kier alpha value is -2.80. The van der Waals surface area contributed by atoms with Crippen molar-refractivity contribution in [3.8, 4) is 11.5 Å². The summed E-state index contributed by atoms with van der Waals surface area (Å²) in [6, 6.07) is 6.19. The zero-order chi connectivity index (χ0) is 18.4. The van der Waals surface area contributed by atoms with Gasteiger partial charge in [-0.25, -0.2) is 4.79 Å². The number of hydrogen-bond acceptors (Lipinski definition) is 6. The lowest BCUT2D eigenvalue weighted by Gasteiger charge is -2.16. The molecule has 7 nitrogen and oxygen atoms in total. The second-order valence-electron chi connectivity index (χ2n) is 4.97. The van der Waals surface area contributed by atoms with Gasteiger partial charge < -0.3 is 19.5 Å². The second kappa shape index (κ2) is 8.34. The van der Waals surface area contributed by atoms with Crippen LogP contribution in [0.25, 0.3) is 0 Å². The highest BCUT2D eigenvalue weighted by molar-refractivity contribution is 6.32. The van der Waals surface area contributed by atoms with E-state index < -0.39 is 18.0 Å². The highest BCUT2D eigenvalue weighted by Crippen LogP contribution is 2.35. The predicted octanol–water partition coefficient (Wildman–Crippen LogP) is 2.94. The quantitative estimate of drug-likeness (QED) is 0.793. The van der Waals surface area contributed by atoms with Crippen LogP contribution >= 0.6 is 11.6 Å². The number of methoxy groups -OCH3 is 2. The number of pyridine rings is 1. The van der Waals surface area contributed by atoms with Gasteiger partial charge in [0.2, 0.25) is 0 Å². The summed E-state index contributed by atoms with van der Waals surface area (Å²) in [5.41, 5.74) is 0.592. The molecule has 1 amide bonds. The van der Waals surface area contributed by atoms with Crippen LogP contribution in [-0.4, -0.2) is 37.2 Å². The van der Waals surface area contributed by atoms with Crippen molar-refractivity contribution >= 4 is 29.2 Å². The topological polar surface area (TPSA) is 86.8 Å². The van der Waals surface area contributed by atoms with Gasteiger partial charge in [-0.2, -0.15) is 0 Å².